The van der Waals surface area contributed by atoms with Crippen molar-refractivity contribution in [3.8, 4) is 0 Å². The Morgan fingerprint density at radius 3 is 2.71 bits per heavy atom. The third kappa shape index (κ3) is 2.64. The lowest BCUT2D eigenvalue weighted by Gasteiger charge is -2.15. The molecule has 2 aromatic heterocycles. The number of nitrogens with one attached hydrogen (secondary N) is 1. The highest BCUT2D eigenvalue weighted by Gasteiger charge is 2.16. The van der Waals surface area contributed by atoms with Gasteiger partial charge in [-0.05, 0) is 31.3 Å². The van der Waals surface area contributed by atoms with E-state index in [1.807, 2.05) is 32.3 Å². The van der Waals surface area contributed by atoms with Gasteiger partial charge in [-0.2, -0.15) is 0 Å². The van der Waals surface area contributed by atoms with Crippen LogP contribution in [0.4, 0.5) is 4.39 Å². The van der Waals surface area contributed by atoms with Crippen LogP contribution in [0.3, 0.4) is 0 Å². The molecule has 1 N–H and O–H groups in total. The number of aromatic nitrogens is 3. The Morgan fingerprint density at radius 1 is 1.24 bits per heavy atom. The smallest absolute Gasteiger partial charge is 0.141 e. The van der Waals surface area contributed by atoms with E-state index in [0.29, 0.717) is 6.42 Å². The van der Waals surface area contributed by atoms with Crippen LogP contribution < -0.4 is 5.32 Å². The second-order valence-electron chi connectivity index (χ2n) is 5.02. The van der Waals surface area contributed by atoms with Gasteiger partial charge in [-0.25, -0.2) is 9.37 Å². The fraction of sp³-hybridized carbons (Fsp3) is 0.250. The van der Waals surface area contributed by atoms with Crippen molar-refractivity contribution in [1.29, 1.82) is 0 Å². The summed E-state index contributed by atoms with van der Waals surface area (Å²) < 4.78 is 15.1. The van der Waals surface area contributed by atoms with Crippen molar-refractivity contribution in [2.24, 2.45) is 7.05 Å². The van der Waals surface area contributed by atoms with Crippen molar-refractivity contribution in [2.45, 2.75) is 12.5 Å². The van der Waals surface area contributed by atoms with E-state index < -0.39 is 0 Å². The average Bonchev–Trinajstić information content (AvgIpc) is 2.83. The minimum absolute atomic E-state index is 0.00103. The molecule has 1 unspecified atom stereocenters. The molecule has 2 heterocycles. The SMILES string of the molecule is CNC(Cc1nc2ccccc2n1C)c1ccc(F)cn1. The summed E-state index contributed by atoms with van der Waals surface area (Å²) in [6.45, 7) is 0. The molecule has 0 radical (unpaired) electrons. The Morgan fingerprint density at radius 2 is 2.05 bits per heavy atom. The summed E-state index contributed by atoms with van der Waals surface area (Å²) in [4.78, 5) is 8.82. The van der Waals surface area contributed by atoms with E-state index in [0.717, 1.165) is 22.6 Å². The van der Waals surface area contributed by atoms with Crippen molar-refractivity contribution >= 4 is 11.0 Å². The topological polar surface area (TPSA) is 42.7 Å². The molecule has 3 aromatic rings. The summed E-state index contributed by atoms with van der Waals surface area (Å²) in [6, 6.07) is 11.2. The molecule has 1 aromatic carbocycles. The maximum absolute atomic E-state index is 13.0. The molecule has 0 spiro atoms. The number of aryl methyl sites for hydroxylation is 1. The molecule has 4 nitrogen and oxygen atoms in total. The van der Waals surface area contributed by atoms with Gasteiger partial charge in [0.25, 0.3) is 0 Å². The zero-order valence-electron chi connectivity index (χ0n) is 12.0. The number of benzene rings is 1. The zero-order valence-corrected chi connectivity index (χ0v) is 12.0. The van der Waals surface area contributed by atoms with Crippen molar-refractivity contribution < 1.29 is 4.39 Å². The number of rotatable bonds is 4. The first-order chi connectivity index (χ1) is 10.2. The van der Waals surface area contributed by atoms with Crippen LogP contribution in [0.2, 0.25) is 0 Å². The lowest BCUT2D eigenvalue weighted by Crippen LogP contribution is -2.21. The maximum Gasteiger partial charge on any atom is 0.141 e. The van der Waals surface area contributed by atoms with Crippen molar-refractivity contribution in [3.63, 3.8) is 0 Å². The van der Waals surface area contributed by atoms with E-state index in [9.17, 15) is 4.39 Å². The second-order valence-corrected chi connectivity index (χ2v) is 5.02. The van der Waals surface area contributed by atoms with E-state index in [1.54, 1.807) is 6.07 Å². The third-order valence-electron chi connectivity index (χ3n) is 3.72. The van der Waals surface area contributed by atoms with Crippen LogP contribution in [-0.4, -0.2) is 21.6 Å². The zero-order chi connectivity index (χ0) is 14.8. The Labute approximate surface area is 122 Å². The molecule has 5 heteroatoms. The Hall–Kier alpha value is -2.27. The number of imidazole rings is 1. The molecule has 0 aliphatic carbocycles. The molecule has 0 saturated heterocycles. The largest absolute Gasteiger partial charge is 0.331 e. The number of fused-ring (bicyclic) bond motifs is 1. The lowest BCUT2D eigenvalue weighted by atomic mass is 10.1. The van der Waals surface area contributed by atoms with E-state index in [4.69, 9.17) is 0 Å². The Kier molecular flexibility index (Phi) is 3.66. The summed E-state index contributed by atoms with van der Waals surface area (Å²) >= 11 is 0. The number of likely N-dealkylation sites (N-methyl/N-ethyl adjacent to an activating group) is 1. The van der Waals surface area contributed by atoms with Gasteiger partial charge in [0.05, 0.1) is 29.0 Å². The summed E-state index contributed by atoms with van der Waals surface area (Å²) in [5.41, 5.74) is 2.90. The molecule has 21 heavy (non-hydrogen) atoms. The van der Waals surface area contributed by atoms with Crippen LogP contribution in [0, 0.1) is 5.82 Å². The molecule has 0 saturated carbocycles. The summed E-state index contributed by atoms with van der Waals surface area (Å²) in [6.07, 6.45) is 1.94. The first-order valence-corrected chi connectivity index (χ1v) is 6.88. The van der Waals surface area contributed by atoms with Gasteiger partial charge in [0, 0.05) is 13.5 Å². The fourth-order valence-corrected chi connectivity index (χ4v) is 2.51. The predicted molar refractivity (Wildman–Crippen MR) is 80.4 cm³/mol. The van der Waals surface area contributed by atoms with Gasteiger partial charge in [-0.1, -0.05) is 12.1 Å². The first kappa shape index (κ1) is 13.7. The van der Waals surface area contributed by atoms with Crippen LogP contribution in [0.1, 0.15) is 17.6 Å². The number of nitrogens with zero attached hydrogens (tertiary/aromatic N) is 3. The maximum atomic E-state index is 13.0. The molecule has 0 bridgehead atoms. The van der Waals surface area contributed by atoms with Crippen LogP contribution in [-0.2, 0) is 13.5 Å². The number of hydrogen-bond donors (Lipinski definition) is 1. The van der Waals surface area contributed by atoms with Gasteiger partial charge in [0.1, 0.15) is 11.6 Å². The molecule has 108 valence electrons. The molecule has 0 aliphatic heterocycles. The fourth-order valence-electron chi connectivity index (χ4n) is 2.51. The average molecular weight is 284 g/mol. The highest BCUT2D eigenvalue weighted by atomic mass is 19.1. The minimum Gasteiger partial charge on any atom is -0.331 e. The van der Waals surface area contributed by atoms with Crippen molar-refractivity contribution in [3.05, 3.63) is 59.9 Å². The minimum atomic E-state index is -0.323. The molecule has 0 amide bonds. The number of pyridine rings is 1. The van der Waals surface area contributed by atoms with Crippen molar-refractivity contribution in [1.82, 2.24) is 19.9 Å². The predicted octanol–water partition coefficient (Wildman–Crippen LogP) is 2.61. The molecule has 3 rings (SSSR count). The standard InChI is InChI=1S/C16H17FN4/c1-18-14(12-8-7-11(17)10-19-12)9-16-20-13-5-3-4-6-15(13)21(16)2/h3-8,10,14,18H,9H2,1-2H3. The highest BCUT2D eigenvalue weighted by Crippen LogP contribution is 2.20. The van der Waals surface area contributed by atoms with Crippen LogP contribution in [0.5, 0.6) is 0 Å². The van der Waals surface area contributed by atoms with Gasteiger partial charge >= 0.3 is 0 Å². The van der Waals surface area contributed by atoms with Crippen LogP contribution >= 0.6 is 0 Å². The Bertz CT molecular complexity index is 749. The molecule has 1 atom stereocenters. The van der Waals surface area contributed by atoms with Crippen LogP contribution in [0.25, 0.3) is 11.0 Å². The van der Waals surface area contributed by atoms with Crippen molar-refractivity contribution in [2.75, 3.05) is 7.05 Å². The Balaban J connectivity index is 1.92. The summed E-state index contributed by atoms with van der Waals surface area (Å²) in [5.74, 6) is 0.651. The van der Waals surface area contributed by atoms with Gasteiger partial charge in [0.2, 0.25) is 0 Å². The lowest BCUT2D eigenvalue weighted by molar-refractivity contribution is 0.546. The van der Waals surface area contributed by atoms with Gasteiger partial charge in [-0.3, -0.25) is 4.98 Å². The highest BCUT2D eigenvalue weighted by molar-refractivity contribution is 5.75. The molecule has 0 fully saturated rings. The number of hydrogen-bond acceptors (Lipinski definition) is 3. The molecular weight excluding hydrogens is 267 g/mol. The van der Waals surface area contributed by atoms with E-state index in [2.05, 4.69) is 25.9 Å². The summed E-state index contributed by atoms with van der Waals surface area (Å²) in [7, 11) is 3.88. The first-order valence-electron chi connectivity index (χ1n) is 6.88. The second kappa shape index (κ2) is 5.61. The monoisotopic (exact) mass is 284 g/mol. The third-order valence-corrected chi connectivity index (χ3v) is 3.72. The summed E-state index contributed by atoms with van der Waals surface area (Å²) in [5, 5.41) is 3.22. The van der Waals surface area contributed by atoms with Gasteiger partial charge in [-0.15, -0.1) is 0 Å². The molecular formula is C16H17FN4. The van der Waals surface area contributed by atoms with E-state index in [1.165, 1.54) is 12.3 Å². The van der Waals surface area contributed by atoms with Crippen LogP contribution in [0.15, 0.2) is 42.6 Å². The van der Waals surface area contributed by atoms with E-state index >= 15 is 0 Å². The van der Waals surface area contributed by atoms with Gasteiger partial charge in [0.15, 0.2) is 0 Å². The quantitative estimate of drug-likeness (QED) is 0.801. The van der Waals surface area contributed by atoms with E-state index in [-0.39, 0.29) is 11.9 Å². The molecule has 0 aliphatic rings. The number of para-hydroxylation sites is 2. The van der Waals surface area contributed by atoms with Gasteiger partial charge < -0.3 is 9.88 Å². The number of halogens is 1. The normalized spacial score (nSPS) is 12.7.